The molecule has 24 heavy (non-hydrogen) atoms. The average molecular weight is 349 g/mol. The molecule has 2 amide bonds. The van der Waals surface area contributed by atoms with E-state index < -0.39 is 16.6 Å². The first kappa shape index (κ1) is 16.1. The minimum atomic E-state index is -0.641. The Morgan fingerprint density at radius 3 is 2.79 bits per heavy atom. The molecular weight excluding hydrogens is 337 g/mol. The topological polar surface area (TPSA) is 101 Å². The van der Waals surface area contributed by atoms with Crippen molar-refractivity contribution < 1.29 is 18.9 Å². The molecule has 1 aliphatic heterocycles. The molecule has 7 nitrogen and oxygen atoms in total. The molecule has 1 aliphatic rings. The van der Waals surface area contributed by atoms with Crippen LogP contribution in [-0.4, -0.2) is 16.7 Å². The number of anilines is 2. The van der Waals surface area contributed by atoms with Crippen molar-refractivity contribution in [1.82, 2.24) is 0 Å². The monoisotopic (exact) mass is 349 g/mol. The minimum Gasteiger partial charge on any atom is -0.326 e. The molecule has 9 heteroatoms. The highest BCUT2D eigenvalue weighted by molar-refractivity contribution is 7.14. The summed E-state index contributed by atoms with van der Waals surface area (Å²) in [7, 11) is 0. The molecule has 2 heterocycles. The van der Waals surface area contributed by atoms with Crippen LogP contribution in [0, 0.1) is 22.9 Å². The number of halogens is 1. The van der Waals surface area contributed by atoms with Crippen LogP contribution >= 0.6 is 11.3 Å². The summed E-state index contributed by atoms with van der Waals surface area (Å²) >= 11 is 0.959. The maximum Gasteiger partial charge on any atom is 0.283 e. The Hall–Kier alpha value is -2.81. The molecule has 2 aromatic rings. The van der Waals surface area contributed by atoms with E-state index in [-0.39, 0.29) is 28.6 Å². The SMILES string of the molecule is Cc1sc(C(=O)Nc2cc3c(cc2F)CCC(=O)N3)cc1[N+](=O)[O-]. The molecule has 0 saturated heterocycles. The summed E-state index contributed by atoms with van der Waals surface area (Å²) in [6.07, 6.45) is 0.721. The first-order chi connectivity index (χ1) is 11.3. The lowest BCUT2D eigenvalue weighted by Crippen LogP contribution is -2.20. The van der Waals surface area contributed by atoms with Gasteiger partial charge in [-0.15, -0.1) is 11.3 Å². The number of aryl methyl sites for hydroxylation is 2. The lowest BCUT2D eigenvalue weighted by molar-refractivity contribution is -0.385. The summed E-state index contributed by atoms with van der Waals surface area (Å²) in [5, 5.41) is 15.9. The molecule has 1 aromatic carbocycles. The minimum absolute atomic E-state index is 0.0883. The summed E-state index contributed by atoms with van der Waals surface area (Å²) in [5.74, 6) is -1.44. The number of thiophene rings is 1. The molecule has 0 fully saturated rings. The largest absolute Gasteiger partial charge is 0.326 e. The molecule has 1 aromatic heterocycles. The lowest BCUT2D eigenvalue weighted by Gasteiger charge is -2.18. The highest BCUT2D eigenvalue weighted by Gasteiger charge is 2.22. The van der Waals surface area contributed by atoms with Gasteiger partial charge in [-0.25, -0.2) is 4.39 Å². The average Bonchev–Trinajstić information content (AvgIpc) is 2.91. The Balaban J connectivity index is 1.87. The van der Waals surface area contributed by atoms with E-state index in [1.807, 2.05) is 0 Å². The predicted molar refractivity (Wildman–Crippen MR) is 87.0 cm³/mol. The first-order valence-electron chi connectivity index (χ1n) is 7.03. The molecule has 3 rings (SSSR count). The number of benzene rings is 1. The van der Waals surface area contributed by atoms with Gasteiger partial charge in [0.1, 0.15) is 5.82 Å². The van der Waals surface area contributed by atoms with E-state index in [4.69, 9.17) is 0 Å². The highest BCUT2D eigenvalue weighted by Crippen LogP contribution is 2.31. The predicted octanol–water partition coefficient (Wildman–Crippen LogP) is 3.24. The van der Waals surface area contributed by atoms with E-state index in [1.54, 1.807) is 0 Å². The van der Waals surface area contributed by atoms with Crippen molar-refractivity contribution in [3.63, 3.8) is 0 Å². The van der Waals surface area contributed by atoms with E-state index in [9.17, 15) is 24.1 Å². The molecule has 0 spiro atoms. The summed E-state index contributed by atoms with van der Waals surface area (Å²) in [5.41, 5.74) is 0.877. The molecule has 2 N–H and O–H groups in total. The fourth-order valence-electron chi connectivity index (χ4n) is 2.44. The normalized spacial score (nSPS) is 13.2. The summed E-state index contributed by atoms with van der Waals surface area (Å²) in [6.45, 7) is 1.54. The number of amides is 2. The third kappa shape index (κ3) is 2.98. The Labute approximate surface area is 139 Å². The van der Waals surface area contributed by atoms with Crippen molar-refractivity contribution in [3.8, 4) is 0 Å². The Morgan fingerprint density at radius 1 is 1.38 bits per heavy atom. The van der Waals surface area contributed by atoms with Crippen LogP contribution in [0.3, 0.4) is 0 Å². The number of hydrogen-bond acceptors (Lipinski definition) is 5. The molecule has 0 bridgehead atoms. The van der Waals surface area contributed by atoms with Crippen LogP contribution in [0.1, 0.15) is 26.5 Å². The van der Waals surface area contributed by atoms with Crippen LogP contribution in [0.4, 0.5) is 21.5 Å². The van der Waals surface area contributed by atoms with Crippen LogP contribution in [0.2, 0.25) is 0 Å². The quantitative estimate of drug-likeness (QED) is 0.656. The van der Waals surface area contributed by atoms with Crippen LogP contribution in [0.25, 0.3) is 0 Å². The number of nitro groups is 1. The van der Waals surface area contributed by atoms with Crippen molar-refractivity contribution >= 4 is 40.2 Å². The first-order valence-corrected chi connectivity index (χ1v) is 7.85. The third-order valence-electron chi connectivity index (χ3n) is 3.65. The van der Waals surface area contributed by atoms with Gasteiger partial charge in [0.25, 0.3) is 11.6 Å². The van der Waals surface area contributed by atoms with Gasteiger partial charge in [0.15, 0.2) is 0 Å². The van der Waals surface area contributed by atoms with E-state index in [0.717, 1.165) is 17.4 Å². The zero-order valence-electron chi connectivity index (χ0n) is 12.5. The number of nitrogens with zero attached hydrogens (tertiary/aromatic N) is 1. The van der Waals surface area contributed by atoms with Crippen LogP contribution in [0.5, 0.6) is 0 Å². The van der Waals surface area contributed by atoms with Gasteiger partial charge in [0, 0.05) is 18.2 Å². The maximum absolute atomic E-state index is 14.1. The van der Waals surface area contributed by atoms with Crippen LogP contribution in [0.15, 0.2) is 18.2 Å². The summed E-state index contributed by atoms with van der Waals surface area (Å²) in [6, 6.07) is 3.79. The van der Waals surface area contributed by atoms with E-state index >= 15 is 0 Å². The lowest BCUT2D eigenvalue weighted by atomic mass is 10.0. The summed E-state index contributed by atoms with van der Waals surface area (Å²) in [4.78, 5) is 34.4. The molecular formula is C15H12FN3O4S. The smallest absolute Gasteiger partial charge is 0.283 e. The van der Waals surface area contributed by atoms with Crippen molar-refractivity contribution in [2.24, 2.45) is 0 Å². The molecule has 0 saturated carbocycles. The second-order valence-corrected chi connectivity index (χ2v) is 6.56. The zero-order valence-corrected chi connectivity index (χ0v) is 13.3. The molecule has 124 valence electrons. The fraction of sp³-hybridized carbons (Fsp3) is 0.200. The number of carbonyl (C=O) groups is 2. The number of carbonyl (C=O) groups excluding carboxylic acids is 2. The molecule has 0 atom stereocenters. The van der Waals surface area contributed by atoms with Crippen molar-refractivity contribution in [2.75, 3.05) is 10.6 Å². The van der Waals surface area contributed by atoms with Gasteiger partial charge in [0.2, 0.25) is 5.91 Å². The zero-order chi connectivity index (χ0) is 17.4. The van der Waals surface area contributed by atoms with Crippen LogP contribution in [-0.2, 0) is 11.2 Å². The Morgan fingerprint density at radius 2 is 2.12 bits per heavy atom. The Kier molecular flexibility index (Phi) is 4.02. The van der Waals surface area contributed by atoms with Crippen LogP contribution < -0.4 is 10.6 Å². The van der Waals surface area contributed by atoms with Gasteiger partial charge in [0.05, 0.1) is 20.4 Å². The number of nitrogens with one attached hydrogen (secondary N) is 2. The van der Waals surface area contributed by atoms with Gasteiger partial charge < -0.3 is 10.6 Å². The van der Waals surface area contributed by atoms with Crippen molar-refractivity contribution in [1.29, 1.82) is 0 Å². The second-order valence-electron chi connectivity index (χ2n) is 5.30. The number of rotatable bonds is 3. The fourth-order valence-corrected chi connectivity index (χ4v) is 3.33. The number of fused-ring (bicyclic) bond motifs is 1. The van der Waals surface area contributed by atoms with E-state index in [2.05, 4.69) is 10.6 Å². The molecule has 0 unspecified atom stereocenters. The van der Waals surface area contributed by atoms with Gasteiger partial charge in [-0.2, -0.15) is 0 Å². The highest BCUT2D eigenvalue weighted by atomic mass is 32.1. The van der Waals surface area contributed by atoms with Gasteiger partial charge in [-0.1, -0.05) is 0 Å². The van der Waals surface area contributed by atoms with E-state index in [0.29, 0.717) is 22.5 Å². The third-order valence-corrected chi connectivity index (χ3v) is 4.69. The molecule has 0 radical (unpaired) electrons. The van der Waals surface area contributed by atoms with E-state index in [1.165, 1.54) is 19.1 Å². The van der Waals surface area contributed by atoms with Crippen molar-refractivity contribution in [3.05, 3.63) is 49.4 Å². The number of hydrogen-bond donors (Lipinski definition) is 2. The molecule has 0 aliphatic carbocycles. The maximum atomic E-state index is 14.1. The second kappa shape index (κ2) is 6.00. The Bertz CT molecular complexity index is 878. The van der Waals surface area contributed by atoms with Gasteiger partial charge in [-0.05, 0) is 31.0 Å². The standard InChI is InChI=1S/C15H12FN3O4S/c1-7-12(19(22)23)6-13(24-7)15(21)18-11-5-10-8(4-9(11)16)2-3-14(20)17-10/h4-6H,2-3H2,1H3,(H,17,20)(H,18,21). The van der Waals surface area contributed by atoms with Gasteiger partial charge >= 0.3 is 0 Å². The summed E-state index contributed by atoms with van der Waals surface area (Å²) < 4.78 is 14.1. The van der Waals surface area contributed by atoms with Gasteiger partial charge in [-0.3, -0.25) is 19.7 Å². The van der Waals surface area contributed by atoms with Crippen molar-refractivity contribution in [2.45, 2.75) is 19.8 Å².